The van der Waals surface area contributed by atoms with Gasteiger partial charge in [0.15, 0.2) is 0 Å². The van der Waals surface area contributed by atoms with Crippen molar-refractivity contribution in [2.75, 3.05) is 0 Å². The zero-order valence-corrected chi connectivity index (χ0v) is 2.53. The van der Waals surface area contributed by atoms with Crippen molar-refractivity contribution in [2.45, 2.75) is 13.2 Å². The quantitative estimate of drug-likeness (QED) is 0.401. The van der Waals surface area contributed by atoms with Gasteiger partial charge in [0.1, 0.15) is 6.30 Å². The van der Waals surface area contributed by atoms with E-state index in [0.717, 1.165) is 0 Å². The highest BCUT2D eigenvalue weighted by Gasteiger charge is 1.72. The van der Waals surface area contributed by atoms with Gasteiger partial charge in [-0.2, -0.15) is 0 Å². The standard InChI is InChI=1S/C2H6FN/c1-2(3)4/h2H,4H2,1H3. The maximum atomic E-state index is 10.8. The Morgan fingerprint density at radius 1 is 2.00 bits per heavy atom. The molecule has 1 atom stereocenters. The highest BCUT2D eigenvalue weighted by Crippen LogP contribution is 1.65. The van der Waals surface area contributed by atoms with Crippen LogP contribution in [0.15, 0.2) is 0 Å². The number of halogens is 1. The van der Waals surface area contributed by atoms with Gasteiger partial charge in [-0.3, -0.25) is 0 Å². The second-order valence-electron chi connectivity index (χ2n) is 0.678. The zero-order valence-electron chi connectivity index (χ0n) is 2.53. The van der Waals surface area contributed by atoms with Gasteiger partial charge in [0.05, 0.1) is 0 Å². The molecule has 0 fully saturated rings. The Morgan fingerprint density at radius 3 is 2.00 bits per heavy atom. The minimum absolute atomic E-state index is 1.17. The number of hydrogen-bond acceptors (Lipinski definition) is 1. The SMILES string of the molecule is CC(N)F. The number of nitrogens with two attached hydrogens (primary N) is 1. The third-order valence-electron chi connectivity index (χ3n) is 0. The van der Waals surface area contributed by atoms with E-state index in [4.69, 9.17) is 0 Å². The fraction of sp³-hybridized carbons (Fsp3) is 1.00. The van der Waals surface area contributed by atoms with Crippen LogP contribution >= 0.6 is 0 Å². The summed E-state index contributed by atoms with van der Waals surface area (Å²) in [4.78, 5) is 0. The Bertz CT molecular complexity index is 10.8. The van der Waals surface area contributed by atoms with Gasteiger partial charge >= 0.3 is 0 Å². The van der Waals surface area contributed by atoms with Crippen LogP contribution in [0.3, 0.4) is 0 Å². The largest absolute Gasteiger partial charge is 0.302 e. The summed E-state index contributed by atoms with van der Waals surface area (Å²) in [6.07, 6.45) is -1.17. The van der Waals surface area contributed by atoms with Gasteiger partial charge in [0.25, 0.3) is 0 Å². The molecule has 4 heavy (non-hydrogen) atoms. The second-order valence-corrected chi connectivity index (χ2v) is 0.678. The summed E-state index contributed by atoms with van der Waals surface area (Å²) in [5.74, 6) is 0. The van der Waals surface area contributed by atoms with Crippen molar-refractivity contribution >= 4 is 0 Å². The highest BCUT2D eigenvalue weighted by molar-refractivity contribution is 4.18. The smallest absolute Gasteiger partial charge is 0.145 e. The monoisotopic (exact) mass is 63.0 g/mol. The molecule has 0 radical (unpaired) electrons. The van der Waals surface area contributed by atoms with Crippen molar-refractivity contribution in [3.8, 4) is 0 Å². The maximum absolute atomic E-state index is 10.8. The first-order valence-electron chi connectivity index (χ1n) is 1.13. The molecule has 0 spiro atoms. The van der Waals surface area contributed by atoms with Gasteiger partial charge in [-0.25, -0.2) is 4.39 Å². The lowest BCUT2D eigenvalue weighted by Crippen LogP contribution is -2.04. The van der Waals surface area contributed by atoms with Crippen LogP contribution in [0.4, 0.5) is 4.39 Å². The first kappa shape index (κ1) is 3.89. The van der Waals surface area contributed by atoms with Gasteiger partial charge in [-0.05, 0) is 6.92 Å². The van der Waals surface area contributed by atoms with E-state index in [9.17, 15) is 4.39 Å². The predicted octanol–water partition coefficient (Wildman–Crippen LogP) is 0.261. The molecule has 1 unspecified atom stereocenters. The molecule has 0 rings (SSSR count). The molecule has 0 aromatic carbocycles. The number of hydrogen-bond donors (Lipinski definition) is 1. The minimum Gasteiger partial charge on any atom is -0.302 e. The van der Waals surface area contributed by atoms with Gasteiger partial charge in [-0.15, -0.1) is 0 Å². The molecular formula is C2H6FN. The average molecular weight is 63.1 g/mol. The van der Waals surface area contributed by atoms with Crippen LogP contribution in [0.2, 0.25) is 0 Å². The lowest BCUT2D eigenvalue weighted by Gasteiger charge is -1.76. The van der Waals surface area contributed by atoms with Crippen LogP contribution in [-0.2, 0) is 0 Å². The van der Waals surface area contributed by atoms with E-state index in [1.54, 1.807) is 0 Å². The van der Waals surface area contributed by atoms with Gasteiger partial charge in [0, 0.05) is 0 Å². The molecule has 0 bridgehead atoms. The molecule has 0 aliphatic rings. The third kappa shape index (κ3) is 124. The summed E-state index contributed by atoms with van der Waals surface area (Å²) >= 11 is 0. The maximum Gasteiger partial charge on any atom is 0.145 e. The Kier molecular flexibility index (Phi) is 1.20. The fourth-order valence-corrected chi connectivity index (χ4v) is 0. The molecular weight excluding hydrogens is 57.0 g/mol. The van der Waals surface area contributed by atoms with Crippen LogP contribution in [0.5, 0.6) is 0 Å². The van der Waals surface area contributed by atoms with Crippen molar-refractivity contribution in [3.63, 3.8) is 0 Å². The average Bonchev–Trinajstić information content (AvgIpc) is 0.811. The lowest BCUT2D eigenvalue weighted by molar-refractivity contribution is 0.374. The summed E-state index contributed by atoms with van der Waals surface area (Å²) in [5, 5.41) is 0. The van der Waals surface area contributed by atoms with Crippen molar-refractivity contribution in [1.29, 1.82) is 0 Å². The number of alkyl halides is 1. The van der Waals surface area contributed by atoms with Crippen molar-refractivity contribution in [2.24, 2.45) is 5.73 Å². The van der Waals surface area contributed by atoms with E-state index in [1.165, 1.54) is 6.92 Å². The summed E-state index contributed by atoms with van der Waals surface area (Å²) < 4.78 is 10.8. The molecule has 0 saturated carbocycles. The Balaban J connectivity index is 2.32. The highest BCUT2D eigenvalue weighted by atomic mass is 19.1. The molecule has 0 saturated heterocycles. The van der Waals surface area contributed by atoms with Crippen LogP contribution in [0.25, 0.3) is 0 Å². The fourth-order valence-electron chi connectivity index (χ4n) is 0. The minimum atomic E-state index is -1.17. The zero-order chi connectivity index (χ0) is 3.58. The van der Waals surface area contributed by atoms with Gasteiger partial charge < -0.3 is 5.73 Å². The van der Waals surface area contributed by atoms with Crippen molar-refractivity contribution < 1.29 is 4.39 Å². The van der Waals surface area contributed by atoms with E-state index < -0.39 is 6.30 Å². The second kappa shape index (κ2) is 1.24. The van der Waals surface area contributed by atoms with Crippen LogP contribution in [0.1, 0.15) is 6.92 Å². The molecule has 0 aromatic rings. The summed E-state index contributed by atoms with van der Waals surface area (Å²) in [6.45, 7) is 1.28. The van der Waals surface area contributed by atoms with E-state index in [1.807, 2.05) is 0 Å². The molecule has 2 heteroatoms. The molecule has 1 nitrogen and oxygen atoms in total. The van der Waals surface area contributed by atoms with Crippen molar-refractivity contribution in [3.05, 3.63) is 0 Å². The van der Waals surface area contributed by atoms with Crippen LogP contribution in [0, 0.1) is 0 Å². The topological polar surface area (TPSA) is 26.0 Å². The normalized spacial score (nSPS) is 15.8. The van der Waals surface area contributed by atoms with E-state index >= 15 is 0 Å². The number of rotatable bonds is 0. The summed E-state index contributed by atoms with van der Waals surface area (Å²) in [7, 11) is 0. The molecule has 26 valence electrons. The molecule has 0 amide bonds. The molecule has 0 aliphatic carbocycles. The third-order valence-corrected chi connectivity index (χ3v) is 0. The van der Waals surface area contributed by atoms with Crippen LogP contribution < -0.4 is 5.73 Å². The molecule has 2 N–H and O–H groups in total. The van der Waals surface area contributed by atoms with Gasteiger partial charge in [0.2, 0.25) is 0 Å². The Morgan fingerprint density at radius 2 is 2.00 bits per heavy atom. The Labute approximate surface area is 24.6 Å². The van der Waals surface area contributed by atoms with E-state index in [0.29, 0.717) is 0 Å². The first-order valence-corrected chi connectivity index (χ1v) is 1.13. The molecule has 0 aliphatic heterocycles. The van der Waals surface area contributed by atoms with Crippen LogP contribution in [-0.4, -0.2) is 6.30 Å². The van der Waals surface area contributed by atoms with Gasteiger partial charge in [-0.1, -0.05) is 0 Å². The summed E-state index contributed by atoms with van der Waals surface area (Å²) in [6, 6.07) is 0. The first-order chi connectivity index (χ1) is 1.73. The van der Waals surface area contributed by atoms with E-state index in [-0.39, 0.29) is 0 Å². The lowest BCUT2D eigenvalue weighted by atomic mass is 10.8. The molecule has 0 heterocycles. The van der Waals surface area contributed by atoms with Crippen molar-refractivity contribution in [1.82, 2.24) is 0 Å². The Hall–Kier alpha value is -0.110. The predicted molar refractivity (Wildman–Crippen MR) is 14.8 cm³/mol. The summed E-state index contributed by atoms with van der Waals surface area (Å²) in [5.41, 5.74) is 4.44. The van der Waals surface area contributed by atoms with E-state index in [2.05, 4.69) is 5.73 Å². The molecule has 0 aromatic heterocycles.